The molecule has 29 heavy (non-hydrogen) atoms. The minimum absolute atomic E-state index is 1.28. The fraction of sp³-hybridized carbons (Fsp3) is 0.0345. The molecule has 0 atom stereocenters. The van der Waals surface area contributed by atoms with Crippen molar-refractivity contribution in [3.63, 3.8) is 0 Å². The molecule has 0 N–H and O–H groups in total. The molecule has 0 aliphatic rings. The minimum atomic E-state index is 1.28. The van der Waals surface area contributed by atoms with E-state index in [-0.39, 0.29) is 0 Å². The van der Waals surface area contributed by atoms with Crippen LogP contribution in [-0.2, 0) is 0 Å². The Morgan fingerprint density at radius 1 is 0.448 bits per heavy atom. The van der Waals surface area contributed by atoms with E-state index >= 15 is 0 Å². The van der Waals surface area contributed by atoms with Gasteiger partial charge in [0.05, 0.1) is 0 Å². The van der Waals surface area contributed by atoms with E-state index < -0.39 is 0 Å². The van der Waals surface area contributed by atoms with Crippen molar-refractivity contribution in [1.82, 2.24) is 0 Å². The molecule has 0 heteroatoms. The maximum Gasteiger partial charge on any atom is -0.00139 e. The van der Waals surface area contributed by atoms with Crippen molar-refractivity contribution in [2.75, 3.05) is 0 Å². The van der Waals surface area contributed by atoms with Crippen LogP contribution < -0.4 is 0 Å². The smallest absolute Gasteiger partial charge is 0.00139 e. The molecule has 136 valence electrons. The van der Waals surface area contributed by atoms with Gasteiger partial charge in [0.25, 0.3) is 0 Å². The summed E-state index contributed by atoms with van der Waals surface area (Å²) in [6.07, 6.45) is 0. The standard InChI is InChI=1S/C29H20/c1-19-9-8-11-20(17-19)27-18-21-10-2-3-12-22(21)28-25-15-6-4-13-23(25)24-14-5-7-16-26(24)29(27)28/h2-18H,1H3. The number of rotatable bonds is 1. The summed E-state index contributed by atoms with van der Waals surface area (Å²) >= 11 is 0. The number of hydrogen-bond donors (Lipinski definition) is 0. The average molecular weight is 368 g/mol. The summed E-state index contributed by atoms with van der Waals surface area (Å²) in [6, 6.07) is 37.7. The Morgan fingerprint density at radius 2 is 1.03 bits per heavy atom. The topological polar surface area (TPSA) is 0 Å². The van der Waals surface area contributed by atoms with Gasteiger partial charge in [-0.25, -0.2) is 0 Å². The van der Waals surface area contributed by atoms with Crippen LogP contribution in [0.3, 0.4) is 0 Å². The van der Waals surface area contributed by atoms with Gasteiger partial charge in [-0.1, -0.05) is 103 Å². The summed E-state index contributed by atoms with van der Waals surface area (Å²) in [6.45, 7) is 2.17. The van der Waals surface area contributed by atoms with E-state index in [9.17, 15) is 0 Å². The van der Waals surface area contributed by atoms with Gasteiger partial charge in [0.15, 0.2) is 0 Å². The lowest BCUT2D eigenvalue weighted by molar-refractivity contribution is 1.47. The van der Waals surface area contributed by atoms with Crippen LogP contribution in [0.4, 0.5) is 0 Å². The second kappa shape index (κ2) is 6.18. The van der Waals surface area contributed by atoms with E-state index in [4.69, 9.17) is 0 Å². The number of hydrogen-bond acceptors (Lipinski definition) is 0. The molecule has 6 rings (SSSR count). The van der Waals surface area contributed by atoms with Crippen LogP contribution in [-0.4, -0.2) is 0 Å². The van der Waals surface area contributed by atoms with E-state index in [0.717, 1.165) is 0 Å². The maximum absolute atomic E-state index is 2.37. The summed E-state index contributed by atoms with van der Waals surface area (Å²) in [5.41, 5.74) is 3.87. The molecule has 0 spiro atoms. The zero-order chi connectivity index (χ0) is 19.4. The quantitative estimate of drug-likeness (QED) is 0.256. The Kier molecular flexibility index (Phi) is 3.48. The lowest BCUT2D eigenvalue weighted by Gasteiger charge is -2.17. The third-order valence-electron chi connectivity index (χ3n) is 6.06. The molecule has 0 aliphatic carbocycles. The molecule has 0 saturated heterocycles. The fourth-order valence-corrected chi connectivity index (χ4v) is 4.82. The Balaban J connectivity index is 1.99. The van der Waals surface area contributed by atoms with E-state index in [0.29, 0.717) is 0 Å². The van der Waals surface area contributed by atoms with E-state index in [1.54, 1.807) is 0 Å². The van der Waals surface area contributed by atoms with E-state index in [1.165, 1.54) is 59.8 Å². The van der Waals surface area contributed by atoms with Crippen molar-refractivity contribution in [3.05, 3.63) is 109 Å². The van der Waals surface area contributed by atoms with Crippen LogP contribution in [0.5, 0.6) is 0 Å². The Morgan fingerprint density at radius 3 is 1.72 bits per heavy atom. The highest BCUT2D eigenvalue weighted by atomic mass is 14.2. The average Bonchev–Trinajstić information content (AvgIpc) is 2.78. The number of fused-ring (bicyclic) bond motifs is 8. The highest BCUT2D eigenvalue weighted by Crippen LogP contribution is 2.43. The van der Waals surface area contributed by atoms with Crippen molar-refractivity contribution in [3.8, 4) is 11.1 Å². The van der Waals surface area contributed by atoms with E-state index in [2.05, 4.69) is 110 Å². The Labute approximate surface area is 170 Å². The molecule has 0 radical (unpaired) electrons. The molecule has 6 aromatic rings. The predicted octanol–water partition coefficient (Wildman–Crippen LogP) is 8.27. The van der Waals surface area contributed by atoms with Crippen molar-refractivity contribution in [2.24, 2.45) is 0 Å². The third-order valence-corrected chi connectivity index (χ3v) is 6.06. The molecule has 0 fully saturated rings. The van der Waals surface area contributed by atoms with Crippen LogP contribution in [0.15, 0.2) is 103 Å². The van der Waals surface area contributed by atoms with Crippen molar-refractivity contribution in [2.45, 2.75) is 6.92 Å². The van der Waals surface area contributed by atoms with Crippen LogP contribution in [0.2, 0.25) is 0 Å². The second-order valence-electron chi connectivity index (χ2n) is 7.86. The Hall–Kier alpha value is -3.64. The molecule has 0 saturated carbocycles. The summed E-state index contributed by atoms with van der Waals surface area (Å²) in [5, 5.41) is 10.6. The molecule has 0 bridgehead atoms. The van der Waals surface area contributed by atoms with Gasteiger partial charge in [-0.3, -0.25) is 0 Å². The van der Waals surface area contributed by atoms with Crippen LogP contribution >= 0.6 is 0 Å². The third kappa shape index (κ3) is 2.39. The van der Waals surface area contributed by atoms with Crippen molar-refractivity contribution < 1.29 is 0 Å². The first-order valence-corrected chi connectivity index (χ1v) is 10.1. The van der Waals surface area contributed by atoms with Crippen LogP contribution in [0, 0.1) is 6.92 Å². The van der Waals surface area contributed by atoms with Gasteiger partial charge in [0, 0.05) is 0 Å². The SMILES string of the molecule is Cc1cccc(-c2cc3ccccc3c3c4ccccc4c4ccccc4c23)c1. The normalized spacial score (nSPS) is 11.6. The van der Waals surface area contributed by atoms with Gasteiger partial charge in [-0.15, -0.1) is 0 Å². The lowest BCUT2D eigenvalue weighted by atomic mass is 9.86. The van der Waals surface area contributed by atoms with Crippen LogP contribution in [0.25, 0.3) is 54.2 Å². The number of aryl methyl sites for hydroxylation is 1. The summed E-state index contributed by atoms with van der Waals surface area (Å²) < 4.78 is 0. The largest absolute Gasteiger partial charge is 0.0616 e. The van der Waals surface area contributed by atoms with Gasteiger partial charge in [-0.05, 0) is 67.2 Å². The first-order valence-electron chi connectivity index (χ1n) is 10.1. The molecule has 6 aromatic carbocycles. The first-order chi connectivity index (χ1) is 14.3. The Bertz CT molecular complexity index is 1550. The van der Waals surface area contributed by atoms with Crippen LogP contribution in [0.1, 0.15) is 5.56 Å². The minimum Gasteiger partial charge on any atom is -0.0616 e. The molecule has 0 heterocycles. The molecular weight excluding hydrogens is 348 g/mol. The molecule has 0 amide bonds. The zero-order valence-electron chi connectivity index (χ0n) is 16.3. The summed E-state index contributed by atoms with van der Waals surface area (Å²) in [7, 11) is 0. The van der Waals surface area contributed by atoms with Gasteiger partial charge < -0.3 is 0 Å². The molecular formula is C29H20. The maximum atomic E-state index is 2.37. The van der Waals surface area contributed by atoms with Gasteiger partial charge in [-0.2, -0.15) is 0 Å². The first kappa shape index (κ1) is 16.3. The second-order valence-corrected chi connectivity index (χ2v) is 7.86. The summed E-state index contributed by atoms with van der Waals surface area (Å²) in [4.78, 5) is 0. The fourth-order valence-electron chi connectivity index (χ4n) is 4.82. The van der Waals surface area contributed by atoms with E-state index in [1.807, 2.05) is 0 Å². The zero-order valence-corrected chi connectivity index (χ0v) is 16.3. The predicted molar refractivity (Wildman–Crippen MR) is 127 cm³/mol. The highest BCUT2D eigenvalue weighted by Gasteiger charge is 2.15. The van der Waals surface area contributed by atoms with Crippen molar-refractivity contribution in [1.29, 1.82) is 0 Å². The van der Waals surface area contributed by atoms with Gasteiger partial charge >= 0.3 is 0 Å². The van der Waals surface area contributed by atoms with Gasteiger partial charge in [0.2, 0.25) is 0 Å². The number of benzene rings is 6. The lowest BCUT2D eigenvalue weighted by Crippen LogP contribution is -1.89. The monoisotopic (exact) mass is 368 g/mol. The van der Waals surface area contributed by atoms with Crippen molar-refractivity contribution >= 4 is 43.1 Å². The summed E-state index contributed by atoms with van der Waals surface area (Å²) in [5.74, 6) is 0. The molecule has 0 nitrogen and oxygen atoms in total. The molecule has 0 aromatic heterocycles. The van der Waals surface area contributed by atoms with Gasteiger partial charge in [0.1, 0.15) is 0 Å². The highest BCUT2D eigenvalue weighted by molar-refractivity contribution is 6.34. The molecule has 0 unspecified atom stereocenters. The molecule has 0 aliphatic heterocycles.